The summed E-state index contributed by atoms with van der Waals surface area (Å²) in [7, 11) is 0. The van der Waals surface area contributed by atoms with Crippen molar-refractivity contribution in [2.75, 3.05) is 39.6 Å². The SMILES string of the molecule is CCOC(CCCCCCCCCC(CC)/C(C(=O)O)=C(\C(=O)O)C(CC)CCCCCCCCCC(OCC)(OCC)OCC)(OCC)OCC. The summed E-state index contributed by atoms with van der Waals surface area (Å²) in [6.07, 6.45) is 18.5. The molecular weight excluding hydrogens is 664 g/mol. The lowest BCUT2D eigenvalue weighted by molar-refractivity contribution is -0.380. The van der Waals surface area contributed by atoms with E-state index >= 15 is 0 Å². The van der Waals surface area contributed by atoms with Crippen LogP contribution >= 0.6 is 0 Å². The van der Waals surface area contributed by atoms with Gasteiger partial charge in [-0.05, 0) is 91.9 Å². The Bertz CT molecular complexity index is 814. The van der Waals surface area contributed by atoms with Crippen molar-refractivity contribution < 1.29 is 48.2 Å². The second-order valence-corrected chi connectivity index (χ2v) is 13.6. The van der Waals surface area contributed by atoms with Gasteiger partial charge in [0.05, 0.1) is 11.1 Å². The molecule has 0 saturated heterocycles. The first-order valence-corrected chi connectivity index (χ1v) is 21.1. The molecule has 2 unspecified atom stereocenters. The van der Waals surface area contributed by atoms with Crippen LogP contribution in [0, 0.1) is 11.8 Å². The van der Waals surface area contributed by atoms with Gasteiger partial charge < -0.3 is 38.6 Å². The largest absolute Gasteiger partial charge is 0.478 e. The topological polar surface area (TPSA) is 130 Å². The molecule has 0 amide bonds. The predicted molar refractivity (Wildman–Crippen MR) is 208 cm³/mol. The van der Waals surface area contributed by atoms with E-state index in [1.165, 1.54) is 0 Å². The van der Waals surface area contributed by atoms with Gasteiger partial charge in [-0.3, -0.25) is 0 Å². The smallest absolute Gasteiger partial charge is 0.332 e. The number of carboxylic acids is 2. The first kappa shape index (κ1) is 50.4. The van der Waals surface area contributed by atoms with E-state index in [2.05, 4.69) is 0 Å². The van der Waals surface area contributed by atoms with Crippen molar-refractivity contribution in [2.24, 2.45) is 11.8 Å². The van der Waals surface area contributed by atoms with Crippen LogP contribution in [-0.4, -0.2) is 73.7 Å². The Morgan fingerprint density at radius 1 is 0.404 bits per heavy atom. The zero-order valence-electron chi connectivity index (χ0n) is 34.7. The molecule has 2 N–H and O–H groups in total. The van der Waals surface area contributed by atoms with Gasteiger partial charge in [0, 0.05) is 52.5 Å². The fourth-order valence-corrected chi connectivity index (χ4v) is 7.36. The molecule has 0 bridgehead atoms. The number of carboxylic acid groups (broad SMARTS) is 2. The number of aliphatic carboxylic acids is 2. The molecule has 2 atom stereocenters. The summed E-state index contributed by atoms with van der Waals surface area (Å²) in [4.78, 5) is 25.2. The maximum Gasteiger partial charge on any atom is 0.332 e. The molecule has 52 heavy (non-hydrogen) atoms. The van der Waals surface area contributed by atoms with Crippen molar-refractivity contribution in [3.63, 3.8) is 0 Å². The first-order valence-electron chi connectivity index (χ1n) is 21.1. The highest BCUT2D eigenvalue weighted by molar-refractivity contribution is 5.99. The zero-order valence-corrected chi connectivity index (χ0v) is 34.7. The molecule has 0 aliphatic carbocycles. The molecule has 10 heteroatoms. The standard InChI is InChI=1S/C42H80O10/c1-9-35(31-27-23-19-17-21-25-29-33-41(47-11-3,48-12-4)49-13-5)37(39(43)44)38(40(45)46)36(10-2)32-28-24-20-18-22-26-30-34-42(50-14-6,51-15-7)52-16-8/h35-36H,9-34H2,1-8H3,(H,43,44)(H,45,46)/b38-37+. The maximum absolute atomic E-state index is 12.6. The summed E-state index contributed by atoms with van der Waals surface area (Å²) in [6, 6.07) is 0. The molecule has 0 aromatic carbocycles. The molecular formula is C42H80O10. The molecule has 0 saturated carbocycles. The molecule has 0 aromatic heterocycles. The van der Waals surface area contributed by atoms with Crippen molar-refractivity contribution in [3.05, 3.63) is 11.1 Å². The summed E-state index contributed by atoms with van der Waals surface area (Å²) in [5.41, 5.74) is 0.260. The normalized spacial score (nSPS) is 14.0. The van der Waals surface area contributed by atoms with Crippen LogP contribution < -0.4 is 0 Å². The fraction of sp³-hybridized carbons (Fsp3) is 0.905. The molecule has 10 nitrogen and oxygen atoms in total. The van der Waals surface area contributed by atoms with E-state index in [0.29, 0.717) is 78.2 Å². The van der Waals surface area contributed by atoms with E-state index in [-0.39, 0.29) is 23.0 Å². The van der Waals surface area contributed by atoms with E-state index in [1.807, 2.05) is 55.4 Å². The molecule has 0 rings (SSSR count). The highest BCUT2D eigenvalue weighted by Crippen LogP contribution is 2.33. The Labute approximate surface area is 318 Å². The molecule has 0 radical (unpaired) electrons. The van der Waals surface area contributed by atoms with E-state index in [1.54, 1.807) is 0 Å². The minimum atomic E-state index is -1.08. The van der Waals surface area contributed by atoms with Crippen LogP contribution in [0.5, 0.6) is 0 Å². The third kappa shape index (κ3) is 20.8. The van der Waals surface area contributed by atoms with Crippen molar-refractivity contribution in [3.8, 4) is 0 Å². The minimum Gasteiger partial charge on any atom is -0.478 e. The van der Waals surface area contributed by atoms with Crippen molar-refractivity contribution >= 4 is 11.9 Å². The predicted octanol–water partition coefficient (Wildman–Crippen LogP) is 11.1. The molecule has 0 heterocycles. The maximum atomic E-state index is 12.6. The minimum absolute atomic E-state index is 0.130. The molecule has 0 aromatic rings. The van der Waals surface area contributed by atoms with Crippen molar-refractivity contribution in [2.45, 2.75) is 196 Å². The van der Waals surface area contributed by atoms with Gasteiger partial charge in [0.1, 0.15) is 0 Å². The lowest BCUT2D eigenvalue weighted by Crippen LogP contribution is -2.39. The molecule has 0 spiro atoms. The number of rotatable bonds is 38. The quantitative estimate of drug-likeness (QED) is 0.0358. The van der Waals surface area contributed by atoms with Crippen LogP contribution in [0.25, 0.3) is 0 Å². The molecule has 308 valence electrons. The van der Waals surface area contributed by atoms with Gasteiger partial charge in [0.25, 0.3) is 11.9 Å². The average Bonchev–Trinajstić information content (AvgIpc) is 3.10. The lowest BCUT2D eigenvalue weighted by Gasteiger charge is -2.32. The lowest BCUT2D eigenvalue weighted by atomic mass is 9.80. The molecule has 0 fully saturated rings. The summed E-state index contributed by atoms with van der Waals surface area (Å²) >= 11 is 0. The zero-order chi connectivity index (χ0) is 39.1. The third-order valence-corrected chi connectivity index (χ3v) is 9.81. The number of carbonyl (C=O) groups is 2. The van der Waals surface area contributed by atoms with Crippen LogP contribution in [0.3, 0.4) is 0 Å². The monoisotopic (exact) mass is 745 g/mol. The van der Waals surface area contributed by atoms with Crippen molar-refractivity contribution in [1.82, 2.24) is 0 Å². The van der Waals surface area contributed by atoms with Crippen LogP contribution in [0.4, 0.5) is 0 Å². The van der Waals surface area contributed by atoms with Gasteiger partial charge in [-0.2, -0.15) is 0 Å². The van der Waals surface area contributed by atoms with E-state index in [9.17, 15) is 19.8 Å². The second kappa shape index (κ2) is 31.8. The van der Waals surface area contributed by atoms with E-state index in [0.717, 1.165) is 89.9 Å². The van der Waals surface area contributed by atoms with Gasteiger partial charge in [-0.1, -0.05) is 90.9 Å². The average molecular weight is 745 g/mol. The van der Waals surface area contributed by atoms with Gasteiger partial charge in [-0.15, -0.1) is 0 Å². The van der Waals surface area contributed by atoms with Gasteiger partial charge in [0.2, 0.25) is 0 Å². The summed E-state index contributed by atoms with van der Waals surface area (Å²) in [6.45, 7) is 18.9. The third-order valence-electron chi connectivity index (χ3n) is 9.81. The fourth-order valence-electron chi connectivity index (χ4n) is 7.36. The summed E-state index contributed by atoms with van der Waals surface area (Å²) in [5, 5.41) is 20.6. The van der Waals surface area contributed by atoms with Crippen LogP contribution in [-0.2, 0) is 38.0 Å². The number of hydrogen-bond donors (Lipinski definition) is 2. The van der Waals surface area contributed by atoms with Crippen LogP contribution in [0.15, 0.2) is 11.1 Å². The Morgan fingerprint density at radius 2 is 0.635 bits per heavy atom. The number of hydrogen-bond acceptors (Lipinski definition) is 8. The summed E-state index contributed by atoms with van der Waals surface area (Å²) < 4.78 is 34.9. The Morgan fingerprint density at radius 3 is 0.846 bits per heavy atom. The Balaban J connectivity index is 4.88. The van der Waals surface area contributed by atoms with Crippen molar-refractivity contribution in [1.29, 1.82) is 0 Å². The van der Waals surface area contributed by atoms with Crippen LogP contribution in [0.1, 0.15) is 184 Å². The molecule has 0 aliphatic rings. The van der Waals surface area contributed by atoms with E-state index < -0.39 is 23.9 Å². The van der Waals surface area contributed by atoms with Gasteiger partial charge >= 0.3 is 11.9 Å². The Kier molecular flexibility index (Phi) is 30.8. The highest BCUT2D eigenvalue weighted by Gasteiger charge is 2.33. The first-order chi connectivity index (χ1) is 25.1. The van der Waals surface area contributed by atoms with E-state index in [4.69, 9.17) is 28.4 Å². The second-order valence-electron chi connectivity index (χ2n) is 13.6. The number of unbranched alkanes of at least 4 members (excludes halogenated alkanes) is 12. The summed E-state index contributed by atoms with van der Waals surface area (Å²) in [5.74, 6) is -4.55. The van der Waals surface area contributed by atoms with Crippen LogP contribution in [0.2, 0.25) is 0 Å². The highest BCUT2D eigenvalue weighted by atomic mass is 16.9. The molecule has 0 aliphatic heterocycles. The Hall–Kier alpha value is -1.56. The van der Waals surface area contributed by atoms with Gasteiger partial charge in [0.15, 0.2) is 0 Å². The number of ether oxygens (including phenoxy) is 6. The van der Waals surface area contributed by atoms with Gasteiger partial charge in [-0.25, -0.2) is 9.59 Å².